The van der Waals surface area contributed by atoms with Gasteiger partial charge in [-0.2, -0.15) is 0 Å². The van der Waals surface area contributed by atoms with Gasteiger partial charge in [0.1, 0.15) is 12.2 Å². The lowest BCUT2D eigenvalue weighted by Gasteiger charge is -2.46. The van der Waals surface area contributed by atoms with Crippen LogP contribution in [0.1, 0.15) is 13.3 Å². The fourth-order valence-electron chi connectivity index (χ4n) is 2.09. The highest BCUT2D eigenvalue weighted by atomic mass is 16.8. The summed E-state index contributed by atoms with van der Waals surface area (Å²) in [6.45, 7) is 0.543. The molecule has 1 aliphatic carbocycles. The van der Waals surface area contributed by atoms with E-state index in [0.717, 1.165) is 0 Å². The van der Waals surface area contributed by atoms with E-state index >= 15 is 0 Å². The molecule has 0 spiro atoms. The van der Waals surface area contributed by atoms with Gasteiger partial charge in [-0.15, -0.1) is 0 Å². The van der Waals surface area contributed by atoms with Crippen molar-refractivity contribution in [2.24, 2.45) is 5.92 Å². The van der Waals surface area contributed by atoms with Crippen molar-refractivity contribution in [2.45, 2.75) is 44.2 Å². The number of hydrogen-bond donors (Lipinski definition) is 3. The normalized spacial score (nSPS) is 56.3. The summed E-state index contributed by atoms with van der Waals surface area (Å²) in [6.07, 6.45) is -2.19. The Morgan fingerprint density at radius 2 is 1.69 bits per heavy atom. The van der Waals surface area contributed by atoms with Crippen LogP contribution in [0, 0.1) is 5.92 Å². The fraction of sp³-hybridized carbons (Fsp3) is 1.00. The van der Waals surface area contributed by atoms with Gasteiger partial charge >= 0.3 is 0 Å². The summed E-state index contributed by atoms with van der Waals surface area (Å²) in [5.41, 5.74) is 0. The minimum atomic E-state index is -1.32. The van der Waals surface area contributed by atoms with Crippen molar-refractivity contribution in [1.82, 2.24) is 0 Å². The Bertz CT molecular complexity index is 179. The van der Waals surface area contributed by atoms with Crippen LogP contribution in [0.4, 0.5) is 0 Å². The van der Waals surface area contributed by atoms with Gasteiger partial charge in [0.2, 0.25) is 0 Å². The number of rotatable bonds is 0. The van der Waals surface area contributed by atoms with Crippen LogP contribution in [0.3, 0.4) is 0 Å². The third-order valence-electron chi connectivity index (χ3n) is 2.77. The molecular formula is C8H14O5. The molecule has 76 valence electrons. The van der Waals surface area contributed by atoms with Crippen LogP contribution in [-0.2, 0) is 9.47 Å². The summed E-state index contributed by atoms with van der Waals surface area (Å²) in [5.74, 6) is 0.0276. The number of fused-ring (bicyclic) bond motifs is 2. The molecule has 0 aromatic carbocycles. The van der Waals surface area contributed by atoms with Crippen molar-refractivity contribution >= 4 is 0 Å². The summed E-state index contributed by atoms with van der Waals surface area (Å²) in [6, 6.07) is 0. The Hall–Kier alpha value is -0.200. The van der Waals surface area contributed by atoms with E-state index in [9.17, 15) is 10.2 Å². The van der Waals surface area contributed by atoms with Crippen molar-refractivity contribution in [3.05, 3.63) is 0 Å². The molecule has 6 atom stereocenters. The summed E-state index contributed by atoms with van der Waals surface area (Å²) in [4.78, 5) is 0. The van der Waals surface area contributed by atoms with Gasteiger partial charge in [-0.3, -0.25) is 0 Å². The van der Waals surface area contributed by atoms with Crippen LogP contribution < -0.4 is 0 Å². The van der Waals surface area contributed by atoms with Crippen LogP contribution in [0.25, 0.3) is 0 Å². The molecule has 0 aromatic heterocycles. The van der Waals surface area contributed by atoms with Gasteiger partial charge in [0.25, 0.3) is 6.48 Å². The van der Waals surface area contributed by atoms with E-state index in [1.807, 2.05) is 6.92 Å². The SMILES string of the molecule is CC1CC(O)C2OC(O)OC1C2O. The quantitative estimate of drug-likeness (QED) is 0.447. The Labute approximate surface area is 75.9 Å². The third-order valence-corrected chi connectivity index (χ3v) is 2.77. The maximum Gasteiger partial charge on any atom is 0.269 e. The van der Waals surface area contributed by atoms with Crippen LogP contribution in [0.2, 0.25) is 0 Å². The van der Waals surface area contributed by atoms with Crippen LogP contribution in [-0.4, -0.2) is 46.2 Å². The molecule has 1 saturated heterocycles. The first kappa shape index (κ1) is 9.36. The molecule has 13 heavy (non-hydrogen) atoms. The number of aliphatic hydroxyl groups is 3. The molecule has 1 aliphatic heterocycles. The molecule has 0 aromatic rings. The highest BCUT2D eigenvalue weighted by Crippen LogP contribution is 2.34. The van der Waals surface area contributed by atoms with Crippen molar-refractivity contribution in [2.75, 3.05) is 0 Å². The average molecular weight is 190 g/mol. The molecule has 1 saturated carbocycles. The molecule has 5 heteroatoms. The lowest BCUT2D eigenvalue weighted by molar-refractivity contribution is -0.388. The molecule has 2 fully saturated rings. The molecule has 1 heterocycles. The van der Waals surface area contributed by atoms with Gasteiger partial charge in [-0.05, 0) is 12.3 Å². The zero-order chi connectivity index (χ0) is 9.59. The van der Waals surface area contributed by atoms with Crippen molar-refractivity contribution in [3.8, 4) is 0 Å². The summed E-state index contributed by atoms with van der Waals surface area (Å²) < 4.78 is 9.87. The number of aliphatic hydroxyl groups excluding tert-OH is 3. The second kappa shape index (κ2) is 3.18. The van der Waals surface area contributed by atoms with Crippen molar-refractivity contribution in [3.63, 3.8) is 0 Å². The van der Waals surface area contributed by atoms with E-state index in [2.05, 4.69) is 0 Å². The first-order chi connectivity index (χ1) is 6.09. The fourth-order valence-corrected chi connectivity index (χ4v) is 2.09. The van der Waals surface area contributed by atoms with Gasteiger partial charge in [0, 0.05) is 0 Å². The Morgan fingerprint density at radius 3 is 2.38 bits per heavy atom. The Kier molecular flexibility index (Phi) is 2.29. The number of hydrogen-bond acceptors (Lipinski definition) is 5. The van der Waals surface area contributed by atoms with Crippen molar-refractivity contribution < 1.29 is 24.8 Å². The Balaban J connectivity index is 2.17. The summed E-state index contributed by atoms with van der Waals surface area (Å²) >= 11 is 0. The van der Waals surface area contributed by atoms with Gasteiger partial charge < -0.3 is 24.8 Å². The zero-order valence-electron chi connectivity index (χ0n) is 7.33. The zero-order valence-corrected chi connectivity index (χ0v) is 7.33. The molecule has 2 bridgehead atoms. The van der Waals surface area contributed by atoms with E-state index in [1.165, 1.54) is 0 Å². The third kappa shape index (κ3) is 1.47. The van der Waals surface area contributed by atoms with Crippen LogP contribution >= 0.6 is 0 Å². The highest BCUT2D eigenvalue weighted by molar-refractivity contribution is 4.94. The standard InChI is InChI=1S/C8H14O5/c1-3-2-4(9)7-5(10)6(3)12-8(11)13-7/h3-11H,2H2,1H3. The first-order valence-electron chi connectivity index (χ1n) is 4.44. The highest BCUT2D eigenvalue weighted by Gasteiger charge is 2.48. The minimum absolute atomic E-state index is 0.0276. The maximum absolute atomic E-state index is 9.63. The topological polar surface area (TPSA) is 79.2 Å². The molecule has 5 nitrogen and oxygen atoms in total. The van der Waals surface area contributed by atoms with Gasteiger partial charge in [0.15, 0.2) is 0 Å². The average Bonchev–Trinajstić information content (AvgIpc) is 2.05. The Morgan fingerprint density at radius 1 is 1.08 bits per heavy atom. The van der Waals surface area contributed by atoms with Crippen LogP contribution in [0.15, 0.2) is 0 Å². The largest absolute Gasteiger partial charge is 0.390 e. The van der Waals surface area contributed by atoms with Gasteiger partial charge in [-0.1, -0.05) is 6.92 Å². The van der Waals surface area contributed by atoms with Crippen LogP contribution in [0.5, 0.6) is 0 Å². The molecule has 2 rings (SSSR count). The first-order valence-corrected chi connectivity index (χ1v) is 4.44. The monoisotopic (exact) mass is 190 g/mol. The molecule has 6 unspecified atom stereocenters. The van der Waals surface area contributed by atoms with E-state index in [4.69, 9.17) is 14.6 Å². The smallest absolute Gasteiger partial charge is 0.269 e. The number of ether oxygens (including phenoxy) is 2. The summed E-state index contributed by atoms with van der Waals surface area (Å²) in [7, 11) is 0. The molecular weight excluding hydrogens is 176 g/mol. The van der Waals surface area contributed by atoms with Gasteiger partial charge in [-0.25, -0.2) is 0 Å². The second-order valence-corrected chi connectivity index (χ2v) is 3.78. The van der Waals surface area contributed by atoms with E-state index in [-0.39, 0.29) is 5.92 Å². The minimum Gasteiger partial charge on any atom is -0.390 e. The molecule has 2 aliphatic rings. The van der Waals surface area contributed by atoms with Crippen molar-refractivity contribution in [1.29, 1.82) is 0 Å². The van der Waals surface area contributed by atoms with Gasteiger partial charge in [0.05, 0.1) is 12.2 Å². The lowest BCUT2D eigenvalue weighted by atomic mass is 9.81. The predicted octanol–water partition coefficient (Wildman–Crippen LogP) is -1.19. The van der Waals surface area contributed by atoms with E-state index < -0.39 is 30.9 Å². The second-order valence-electron chi connectivity index (χ2n) is 3.78. The molecule has 0 radical (unpaired) electrons. The lowest BCUT2D eigenvalue weighted by Crippen LogP contribution is -2.61. The summed E-state index contributed by atoms with van der Waals surface area (Å²) in [5, 5.41) is 28.3. The molecule has 3 N–H and O–H groups in total. The molecule has 0 amide bonds. The predicted molar refractivity (Wildman–Crippen MR) is 41.5 cm³/mol. The maximum atomic E-state index is 9.63. The van der Waals surface area contributed by atoms with E-state index in [0.29, 0.717) is 6.42 Å². The van der Waals surface area contributed by atoms with E-state index in [1.54, 1.807) is 0 Å².